The first-order valence-corrected chi connectivity index (χ1v) is 10.0. The summed E-state index contributed by atoms with van der Waals surface area (Å²) in [5, 5.41) is 5.72. The molecule has 2 saturated heterocycles. The lowest BCUT2D eigenvalue weighted by Crippen LogP contribution is -2.48. The summed E-state index contributed by atoms with van der Waals surface area (Å²) < 4.78 is 47.9. The van der Waals surface area contributed by atoms with E-state index < -0.39 is 6.36 Å². The van der Waals surface area contributed by atoms with Gasteiger partial charge in [-0.3, -0.25) is 20.3 Å². The molecule has 11 heteroatoms. The molecular formula is C20H21F3N6O2. The van der Waals surface area contributed by atoms with E-state index in [9.17, 15) is 13.2 Å². The summed E-state index contributed by atoms with van der Waals surface area (Å²) in [5.74, 6) is 1.20. The standard InChI is InChI=1S/C20H21F3N6O2/c21-20(22,23)31-14-3-4-16-15(10-14)17(5-7-24-16)30-11-13-2-1-9-28(13)18-6-8-25-19-26-12-27-29(18)19/h3-8,10,13,19,26-27H,1-2,9,11-12H2. The number of rotatable bonds is 5. The molecule has 1 aromatic carbocycles. The second kappa shape index (κ2) is 7.89. The molecule has 2 atom stereocenters. The Hall–Kier alpha value is -3.05. The highest BCUT2D eigenvalue weighted by atomic mass is 19.4. The Morgan fingerprint density at radius 1 is 1.23 bits per heavy atom. The normalized spacial score (nSPS) is 23.3. The molecule has 0 saturated carbocycles. The Balaban J connectivity index is 1.34. The van der Waals surface area contributed by atoms with E-state index in [1.54, 1.807) is 18.5 Å². The Labute approximate surface area is 176 Å². The van der Waals surface area contributed by atoms with Gasteiger partial charge >= 0.3 is 6.36 Å². The third kappa shape index (κ3) is 4.10. The zero-order valence-corrected chi connectivity index (χ0v) is 16.5. The maximum atomic E-state index is 12.6. The minimum Gasteiger partial charge on any atom is -0.491 e. The van der Waals surface area contributed by atoms with Gasteiger partial charge in [-0.05, 0) is 43.2 Å². The molecule has 0 amide bonds. The number of aliphatic imine (C=N–C) groups is 1. The minimum atomic E-state index is -4.76. The number of aromatic nitrogens is 1. The summed E-state index contributed by atoms with van der Waals surface area (Å²) in [5.41, 5.74) is 3.81. The van der Waals surface area contributed by atoms with E-state index in [4.69, 9.17) is 4.74 Å². The number of fused-ring (bicyclic) bond motifs is 2. The van der Waals surface area contributed by atoms with Gasteiger partial charge in [0.25, 0.3) is 0 Å². The molecule has 1 aromatic heterocycles. The minimum absolute atomic E-state index is 0.124. The molecule has 0 spiro atoms. The van der Waals surface area contributed by atoms with Gasteiger partial charge in [-0.1, -0.05) is 0 Å². The molecule has 0 bridgehead atoms. The lowest BCUT2D eigenvalue weighted by Gasteiger charge is -2.37. The van der Waals surface area contributed by atoms with Gasteiger partial charge in [0.05, 0.1) is 18.2 Å². The molecule has 31 heavy (non-hydrogen) atoms. The summed E-state index contributed by atoms with van der Waals surface area (Å²) in [6.45, 7) is 1.92. The van der Waals surface area contributed by atoms with Gasteiger partial charge in [0.2, 0.25) is 0 Å². The Bertz CT molecular complexity index is 1030. The van der Waals surface area contributed by atoms with Crippen LogP contribution in [0.25, 0.3) is 10.9 Å². The smallest absolute Gasteiger partial charge is 0.491 e. The van der Waals surface area contributed by atoms with Crippen LogP contribution in [0, 0.1) is 0 Å². The van der Waals surface area contributed by atoms with Crippen molar-refractivity contribution in [3.63, 3.8) is 0 Å². The van der Waals surface area contributed by atoms with Crippen molar-refractivity contribution in [2.45, 2.75) is 31.5 Å². The first kappa shape index (κ1) is 19.9. The topological polar surface area (TPSA) is 74.2 Å². The zero-order chi connectivity index (χ0) is 21.4. The number of pyridine rings is 1. The fourth-order valence-electron chi connectivity index (χ4n) is 4.15. The van der Waals surface area contributed by atoms with Crippen molar-refractivity contribution in [2.24, 2.45) is 4.99 Å². The first-order chi connectivity index (χ1) is 15.0. The molecule has 0 radical (unpaired) electrons. The van der Waals surface area contributed by atoms with Crippen LogP contribution in [0.2, 0.25) is 0 Å². The molecule has 164 valence electrons. The van der Waals surface area contributed by atoms with Crippen molar-refractivity contribution < 1.29 is 22.6 Å². The molecule has 3 aliphatic heterocycles. The van der Waals surface area contributed by atoms with Gasteiger partial charge < -0.3 is 14.4 Å². The fraction of sp³-hybridized carbons (Fsp3) is 0.400. The maximum absolute atomic E-state index is 12.6. The van der Waals surface area contributed by atoms with Crippen LogP contribution in [0.15, 0.2) is 47.4 Å². The van der Waals surface area contributed by atoms with Crippen LogP contribution in [0.5, 0.6) is 11.5 Å². The number of hydrogen-bond donors (Lipinski definition) is 2. The molecule has 2 unspecified atom stereocenters. The van der Waals surface area contributed by atoms with Gasteiger partial charge in [-0.15, -0.1) is 13.2 Å². The molecule has 8 nitrogen and oxygen atoms in total. The summed E-state index contributed by atoms with van der Waals surface area (Å²) in [6, 6.07) is 5.83. The van der Waals surface area contributed by atoms with Gasteiger partial charge in [-0.25, -0.2) is 5.43 Å². The summed E-state index contributed by atoms with van der Waals surface area (Å²) in [7, 11) is 0. The van der Waals surface area contributed by atoms with E-state index in [0.717, 1.165) is 25.2 Å². The van der Waals surface area contributed by atoms with Crippen LogP contribution in [0.3, 0.4) is 0 Å². The third-order valence-electron chi connectivity index (χ3n) is 5.49. The van der Waals surface area contributed by atoms with Crippen molar-refractivity contribution in [2.75, 3.05) is 19.8 Å². The quantitative estimate of drug-likeness (QED) is 0.749. The van der Waals surface area contributed by atoms with E-state index in [-0.39, 0.29) is 18.1 Å². The highest BCUT2D eigenvalue weighted by Crippen LogP contribution is 2.32. The number of alkyl halides is 3. The first-order valence-electron chi connectivity index (χ1n) is 10.0. The number of nitrogens with one attached hydrogen (secondary N) is 2. The molecule has 2 aromatic rings. The summed E-state index contributed by atoms with van der Waals surface area (Å²) in [4.78, 5) is 10.9. The van der Waals surface area contributed by atoms with Crippen LogP contribution in [-0.4, -0.2) is 59.6 Å². The number of likely N-dealkylation sites (tertiary alicyclic amines) is 1. The summed E-state index contributed by atoms with van der Waals surface area (Å²) >= 11 is 0. The number of ether oxygens (including phenoxy) is 2. The molecule has 2 N–H and O–H groups in total. The van der Waals surface area contributed by atoms with Crippen LogP contribution in [0.1, 0.15) is 12.8 Å². The molecule has 5 rings (SSSR count). The molecule has 3 aliphatic rings. The number of halogens is 3. The predicted molar refractivity (Wildman–Crippen MR) is 107 cm³/mol. The molecule has 2 fully saturated rings. The lowest BCUT2D eigenvalue weighted by molar-refractivity contribution is -0.274. The zero-order valence-electron chi connectivity index (χ0n) is 16.5. The highest BCUT2D eigenvalue weighted by molar-refractivity contribution is 5.86. The molecule has 0 aliphatic carbocycles. The van der Waals surface area contributed by atoms with E-state index in [2.05, 4.69) is 30.4 Å². The second-order valence-corrected chi connectivity index (χ2v) is 7.44. The van der Waals surface area contributed by atoms with Crippen molar-refractivity contribution in [1.82, 2.24) is 25.6 Å². The Morgan fingerprint density at radius 3 is 3.00 bits per heavy atom. The maximum Gasteiger partial charge on any atom is 0.573 e. The number of allylic oxidation sites excluding steroid dienone is 1. The fourth-order valence-corrected chi connectivity index (χ4v) is 4.15. The second-order valence-electron chi connectivity index (χ2n) is 7.44. The Morgan fingerprint density at radius 2 is 2.13 bits per heavy atom. The SMILES string of the molecule is FC(F)(F)Oc1ccc2nccc(OCC3CCCN3C3=CC=NC4NCNN34)c2c1. The van der Waals surface area contributed by atoms with Crippen LogP contribution in [-0.2, 0) is 0 Å². The van der Waals surface area contributed by atoms with E-state index >= 15 is 0 Å². The number of hydrazine groups is 1. The molecule has 4 heterocycles. The highest BCUT2D eigenvalue weighted by Gasteiger charge is 2.35. The van der Waals surface area contributed by atoms with Crippen molar-refractivity contribution in [3.8, 4) is 11.5 Å². The summed E-state index contributed by atoms with van der Waals surface area (Å²) in [6.07, 6.45) is 2.44. The predicted octanol–water partition coefficient (Wildman–Crippen LogP) is 2.55. The largest absolute Gasteiger partial charge is 0.573 e. The van der Waals surface area contributed by atoms with Crippen molar-refractivity contribution >= 4 is 17.1 Å². The monoisotopic (exact) mass is 434 g/mol. The van der Waals surface area contributed by atoms with Gasteiger partial charge in [0, 0.05) is 24.3 Å². The number of hydrogen-bond acceptors (Lipinski definition) is 8. The van der Waals surface area contributed by atoms with Gasteiger partial charge in [0.15, 0.2) is 6.29 Å². The van der Waals surface area contributed by atoms with Crippen LogP contribution in [0.4, 0.5) is 13.2 Å². The molecular weight excluding hydrogens is 413 g/mol. The third-order valence-corrected chi connectivity index (χ3v) is 5.49. The Kier molecular flexibility index (Phi) is 5.06. The van der Waals surface area contributed by atoms with Crippen molar-refractivity contribution in [3.05, 3.63) is 42.4 Å². The average molecular weight is 434 g/mol. The van der Waals surface area contributed by atoms with E-state index in [1.807, 2.05) is 11.1 Å². The van der Waals surface area contributed by atoms with Crippen LogP contribution >= 0.6 is 0 Å². The van der Waals surface area contributed by atoms with E-state index in [1.165, 1.54) is 18.2 Å². The van der Waals surface area contributed by atoms with Gasteiger partial charge in [0.1, 0.15) is 23.9 Å². The van der Waals surface area contributed by atoms with Gasteiger partial charge in [-0.2, -0.15) is 0 Å². The van der Waals surface area contributed by atoms with E-state index in [0.29, 0.717) is 29.9 Å². The number of benzene rings is 1. The number of nitrogens with zero attached hydrogens (tertiary/aromatic N) is 4. The lowest BCUT2D eigenvalue weighted by atomic mass is 10.2. The van der Waals surface area contributed by atoms with Crippen LogP contribution < -0.4 is 20.2 Å². The average Bonchev–Trinajstić information content (AvgIpc) is 3.40. The van der Waals surface area contributed by atoms with Crippen molar-refractivity contribution in [1.29, 1.82) is 0 Å².